The van der Waals surface area contributed by atoms with Crippen molar-refractivity contribution in [2.24, 2.45) is 0 Å². The monoisotopic (exact) mass is 367 g/mol. The average molecular weight is 367 g/mol. The average Bonchev–Trinajstić information content (AvgIpc) is 2.93. The highest BCUT2D eigenvalue weighted by Gasteiger charge is 2.36. The fourth-order valence-electron chi connectivity index (χ4n) is 2.77. The Kier molecular flexibility index (Phi) is 7.66. The lowest BCUT2D eigenvalue weighted by molar-refractivity contribution is -0.126. The van der Waals surface area contributed by atoms with Gasteiger partial charge >= 0.3 is 6.09 Å². The summed E-state index contributed by atoms with van der Waals surface area (Å²) in [5.74, 6) is -0.383. The Morgan fingerprint density at radius 3 is 2.31 bits per heavy atom. The van der Waals surface area contributed by atoms with Crippen molar-refractivity contribution in [2.75, 3.05) is 6.54 Å². The number of rotatable bonds is 5. The minimum atomic E-state index is -0.600. The number of hydrogen-bond donors (Lipinski definition) is 2. The van der Waals surface area contributed by atoms with Crippen LogP contribution in [0.3, 0.4) is 0 Å². The fraction of sp³-hybridized carbons (Fsp3) is 0.737. The Balaban J connectivity index is 2.68. The molecule has 1 aliphatic rings. The van der Waals surface area contributed by atoms with Crippen LogP contribution in [0.5, 0.6) is 0 Å². The summed E-state index contributed by atoms with van der Waals surface area (Å²) in [5, 5.41) is 5.67. The van der Waals surface area contributed by atoms with Crippen molar-refractivity contribution < 1.29 is 19.1 Å². The van der Waals surface area contributed by atoms with E-state index in [2.05, 4.69) is 10.6 Å². The third-order valence-electron chi connectivity index (χ3n) is 3.83. The molecule has 7 nitrogen and oxygen atoms in total. The zero-order valence-corrected chi connectivity index (χ0v) is 17.0. The van der Waals surface area contributed by atoms with E-state index in [4.69, 9.17) is 4.74 Å². The van der Waals surface area contributed by atoms with Gasteiger partial charge < -0.3 is 15.4 Å². The van der Waals surface area contributed by atoms with Crippen LogP contribution in [-0.4, -0.2) is 53.1 Å². The van der Waals surface area contributed by atoms with Gasteiger partial charge in [-0.1, -0.05) is 6.08 Å². The minimum absolute atomic E-state index is 0.0524. The van der Waals surface area contributed by atoms with Crippen LogP contribution >= 0.6 is 0 Å². The molecule has 0 aromatic carbocycles. The lowest BCUT2D eigenvalue weighted by Crippen LogP contribution is -2.49. The highest BCUT2D eigenvalue weighted by atomic mass is 16.6. The van der Waals surface area contributed by atoms with Crippen molar-refractivity contribution in [3.05, 3.63) is 11.6 Å². The van der Waals surface area contributed by atoms with Crippen LogP contribution in [0.25, 0.3) is 0 Å². The van der Waals surface area contributed by atoms with Gasteiger partial charge in [0.1, 0.15) is 11.6 Å². The van der Waals surface area contributed by atoms with Crippen LogP contribution in [0.4, 0.5) is 4.79 Å². The van der Waals surface area contributed by atoms with E-state index in [-0.39, 0.29) is 23.9 Å². The van der Waals surface area contributed by atoms with Crippen LogP contribution in [0.15, 0.2) is 11.6 Å². The molecule has 0 bridgehead atoms. The lowest BCUT2D eigenvalue weighted by Gasteiger charge is -2.28. The van der Waals surface area contributed by atoms with Crippen molar-refractivity contribution in [1.82, 2.24) is 15.5 Å². The second-order valence-corrected chi connectivity index (χ2v) is 8.11. The molecule has 1 heterocycles. The molecule has 0 spiro atoms. The molecule has 0 aromatic heterocycles. The largest absolute Gasteiger partial charge is 0.444 e. The predicted molar refractivity (Wildman–Crippen MR) is 101 cm³/mol. The molecule has 1 aliphatic heterocycles. The van der Waals surface area contributed by atoms with Crippen molar-refractivity contribution in [3.8, 4) is 0 Å². The van der Waals surface area contributed by atoms with E-state index in [0.717, 1.165) is 6.42 Å². The van der Waals surface area contributed by atoms with Crippen molar-refractivity contribution >= 4 is 17.9 Å². The van der Waals surface area contributed by atoms with Crippen molar-refractivity contribution in [2.45, 2.75) is 85.0 Å². The van der Waals surface area contributed by atoms with E-state index in [0.29, 0.717) is 18.5 Å². The molecule has 1 saturated heterocycles. The van der Waals surface area contributed by atoms with E-state index in [1.165, 1.54) is 4.90 Å². The van der Waals surface area contributed by atoms with Crippen LogP contribution in [0, 0.1) is 0 Å². The molecular formula is C19H33N3O4. The maximum absolute atomic E-state index is 12.6. The Morgan fingerprint density at radius 2 is 1.77 bits per heavy atom. The molecular weight excluding hydrogens is 334 g/mol. The smallest absolute Gasteiger partial charge is 0.410 e. The van der Waals surface area contributed by atoms with Gasteiger partial charge in [-0.15, -0.1) is 0 Å². The van der Waals surface area contributed by atoms with E-state index in [1.54, 1.807) is 40.7 Å². The van der Waals surface area contributed by atoms with Gasteiger partial charge in [0.05, 0.1) is 0 Å². The number of likely N-dealkylation sites (tertiary alicyclic amines) is 1. The van der Waals surface area contributed by atoms with Gasteiger partial charge in [-0.2, -0.15) is 0 Å². The summed E-state index contributed by atoms with van der Waals surface area (Å²) >= 11 is 0. The summed E-state index contributed by atoms with van der Waals surface area (Å²) in [5.41, 5.74) is -0.0561. The first-order valence-corrected chi connectivity index (χ1v) is 9.20. The second kappa shape index (κ2) is 9.05. The topological polar surface area (TPSA) is 87.7 Å². The van der Waals surface area contributed by atoms with Gasteiger partial charge in [0.2, 0.25) is 11.8 Å². The quantitative estimate of drug-likeness (QED) is 0.730. The highest BCUT2D eigenvalue weighted by molar-refractivity contribution is 5.93. The standard InChI is InChI=1S/C19H33N3O4/c1-12(2)20-16(23)13(3)11-14(4)21-17(24)15-9-8-10-22(15)18(25)26-19(5,6)7/h11-12,14-15H,8-10H2,1-7H3,(H,20,23)(H,21,24)/b13-11-/t14-,15-/m0/s1. The normalized spacial score (nSPS) is 19.3. The Bertz CT molecular complexity index is 564. The first-order valence-electron chi connectivity index (χ1n) is 9.20. The van der Waals surface area contributed by atoms with Gasteiger partial charge in [0, 0.05) is 24.2 Å². The van der Waals surface area contributed by atoms with Gasteiger partial charge in [0.25, 0.3) is 0 Å². The molecule has 0 radical (unpaired) electrons. The lowest BCUT2D eigenvalue weighted by atomic mass is 10.1. The third kappa shape index (κ3) is 7.06. The molecule has 3 amide bonds. The predicted octanol–water partition coefficient (Wildman–Crippen LogP) is 2.36. The molecule has 1 fully saturated rings. The molecule has 0 aromatic rings. The van der Waals surface area contributed by atoms with Gasteiger partial charge in [-0.3, -0.25) is 14.5 Å². The molecule has 7 heteroatoms. The maximum atomic E-state index is 12.6. The zero-order chi connectivity index (χ0) is 20.1. The van der Waals surface area contributed by atoms with Crippen molar-refractivity contribution in [3.63, 3.8) is 0 Å². The van der Waals surface area contributed by atoms with E-state index < -0.39 is 17.7 Å². The van der Waals surface area contributed by atoms with Crippen LogP contribution in [-0.2, 0) is 14.3 Å². The first-order chi connectivity index (χ1) is 11.9. The number of amides is 3. The molecule has 0 aliphatic carbocycles. The summed E-state index contributed by atoms with van der Waals surface area (Å²) in [6.45, 7) is 13.2. The van der Waals surface area contributed by atoms with Crippen LogP contribution < -0.4 is 10.6 Å². The van der Waals surface area contributed by atoms with Gasteiger partial charge in [-0.05, 0) is 61.3 Å². The third-order valence-corrected chi connectivity index (χ3v) is 3.83. The van der Waals surface area contributed by atoms with Crippen LogP contribution in [0.2, 0.25) is 0 Å². The van der Waals surface area contributed by atoms with Gasteiger partial charge in [-0.25, -0.2) is 4.79 Å². The second-order valence-electron chi connectivity index (χ2n) is 8.11. The molecule has 148 valence electrons. The van der Waals surface area contributed by atoms with E-state index in [1.807, 2.05) is 13.8 Å². The molecule has 1 rings (SSSR count). The number of hydrogen-bond acceptors (Lipinski definition) is 4. The molecule has 2 N–H and O–H groups in total. The summed E-state index contributed by atoms with van der Waals surface area (Å²) in [6, 6.07) is -0.802. The Labute approximate surface area is 156 Å². The number of carbonyl (C=O) groups is 3. The zero-order valence-electron chi connectivity index (χ0n) is 17.0. The molecule has 2 atom stereocenters. The molecule has 0 unspecified atom stereocenters. The summed E-state index contributed by atoms with van der Waals surface area (Å²) in [6.07, 6.45) is 2.61. The first kappa shape index (κ1) is 22.0. The number of carbonyl (C=O) groups excluding carboxylic acids is 3. The molecule has 0 saturated carbocycles. The molecule has 26 heavy (non-hydrogen) atoms. The Morgan fingerprint density at radius 1 is 1.15 bits per heavy atom. The maximum Gasteiger partial charge on any atom is 0.410 e. The summed E-state index contributed by atoms with van der Waals surface area (Å²) in [7, 11) is 0. The van der Waals surface area contributed by atoms with E-state index in [9.17, 15) is 14.4 Å². The van der Waals surface area contributed by atoms with Crippen LogP contribution in [0.1, 0.15) is 61.3 Å². The van der Waals surface area contributed by atoms with E-state index >= 15 is 0 Å². The highest BCUT2D eigenvalue weighted by Crippen LogP contribution is 2.21. The number of nitrogens with one attached hydrogen (secondary N) is 2. The summed E-state index contributed by atoms with van der Waals surface area (Å²) in [4.78, 5) is 38.3. The SMILES string of the molecule is C/C(=C/[C@H](C)NC(=O)[C@@H]1CCCN1C(=O)OC(C)(C)C)C(=O)NC(C)C. The van der Waals surface area contributed by atoms with Crippen molar-refractivity contribution in [1.29, 1.82) is 0 Å². The number of nitrogens with zero attached hydrogens (tertiary/aromatic N) is 1. The fourth-order valence-corrected chi connectivity index (χ4v) is 2.77. The minimum Gasteiger partial charge on any atom is -0.444 e. The number of ether oxygens (including phenoxy) is 1. The Hall–Kier alpha value is -2.05. The summed E-state index contributed by atoms with van der Waals surface area (Å²) < 4.78 is 5.38. The van der Waals surface area contributed by atoms with Gasteiger partial charge in [0.15, 0.2) is 0 Å².